The van der Waals surface area contributed by atoms with Crippen molar-refractivity contribution in [2.24, 2.45) is 0 Å². The summed E-state index contributed by atoms with van der Waals surface area (Å²) < 4.78 is 5.13. The molecule has 0 bridgehead atoms. The van der Waals surface area contributed by atoms with Gasteiger partial charge in [-0.3, -0.25) is 19.5 Å². The van der Waals surface area contributed by atoms with Gasteiger partial charge in [0.1, 0.15) is 11.5 Å². The number of pyridine rings is 1. The fourth-order valence-electron chi connectivity index (χ4n) is 3.55. The summed E-state index contributed by atoms with van der Waals surface area (Å²) in [6.45, 7) is -0.503. The first kappa shape index (κ1) is 20.8. The number of hydrogen-bond acceptors (Lipinski definition) is 6. The third-order valence-electron chi connectivity index (χ3n) is 4.97. The number of amides is 1. The summed E-state index contributed by atoms with van der Waals surface area (Å²) in [5, 5.41) is 19.7. The molecule has 2 aromatic carbocycles. The quantitative estimate of drug-likeness (QED) is 0.350. The van der Waals surface area contributed by atoms with E-state index in [1.54, 1.807) is 60.8 Å². The van der Waals surface area contributed by atoms with Crippen LogP contribution in [0.25, 0.3) is 5.76 Å². The van der Waals surface area contributed by atoms with Crippen LogP contribution >= 0.6 is 0 Å². The Morgan fingerprint density at radius 3 is 2.31 bits per heavy atom. The van der Waals surface area contributed by atoms with Crippen LogP contribution in [0.2, 0.25) is 0 Å². The molecule has 0 saturated carbocycles. The number of aliphatic hydroxyl groups is 1. The third kappa shape index (κ3) is 3.93. The lowest BCUT2D eigenvalue weighted by Crippen LogP contribution is -2.29. The number of carboxylic acids is 1. The molecule has 2 heterocycles. The van der Waals surface area contributed by atoms with E-state index in [0.717, 1.165) is 0 Å². The van der Waals surface area contributed by atoms with Gasteiger partial charge in [-0.1, -0.05) is 36.4 Å². The summed E-state index contributed by atoms with van der Waals surface area (Å²) >= 11 is 0. The smallest absolute Gasteiger partial charge is 0.341 e. The Morgan fingerprint density at radius 2 is 1.69 bits per heavy atom. The number of carboxylic acid groups (broad SMARTS) is 1. The zero-order chi connectivity index (χ0) is 22.7. The van der Waals surface area contributed by atoms with Gasteiger partial charge >= 0.3 is 5.97 Å². The predicted molar refractivity (Wildman–Crippen MR) is 115 cm³/mol. The Balaban J connectivity index is 1.80. The lowest BCUT2D eigenvalue weighted by Gasteiger charge is -2.25. The molecule has 32 heavy (non-hydrogen) atoms. The van der Waals surface area contributed by atoms with Crippen LogP contribution in [0.3, 0.4) is 0 Å². The first-order chi connectivity index (χ1) is 15.5. The summed E-state index contributed by atoms with van der Waals surface area (Å²) in [6.07, 6.45) is 3.10. The molecular weight excluding hydrogens is 412 g/mol. The van der Waals surface area contributed by atoms with Crippen LogP contribution in [0.4, 0.5) is 5.69 Å². The van der Waals surface area contributed by atoms with Crippen LogP contribution in [0.15, 0.2) is 84.7 Å². The van der Waals surface area contributed by atoms with Gasteiger partial charge in [0.15, 0.2) is 6.61 Å². The summed E-state index contributed by atoms with van der Waals surface area (Å²) in [4.78, 5) is 42.1. The maximum absolute atomic E-state index is 13.0. The number of aliphatic carboxylic acids is 1. The van der Waals surface area contributed by atoms with Crippen molar-refractivity contribution in [3.8, 4) is 5.75 Å². The fraction of sp³-hybridized carbons (Fsp3) is 0.0833. The van der Waals surface area contributed by atoms with Crippen molar-refractivity contribution < 1.29 is 29.3 Å². The van der Waals surface area contributed by atoms with E-state index >= 15 is 0 Å². The molecule has 160 valence electrons. The number of hydrogen-bond donors (Lipinski definition) is 2. The summed E-state index contributed by atoms with van der Waals surface area (Å²) in [7, 11) is 0. The summed E-state index contributed by atoms with van der Waals surface area (Å²) in [6, 6.07) is 17.2. The van der Waals surface area contributed by atoms with Crippen molar-refractivity contribution in [1.82, 2.24) is 4.98 Å². The highest BCUT2D eigenvalue weighted by molar-refractivity contribution is 6.51. The second-order valence-corrected chi connectivity index (χ2v) is 7.00. The van der Waals surface area contributed by atoms with Gasteiger partial charge in [0.2, 0.25) is 0 Å². The van der Waals surface area contributed by atoms with Crippen LogP contribution in [-0.4, -0.2) is 39.5 Å². The van der Waals surface area contributed by atoms with Crippen molar-refractivity contribution in [2.45, 2.75) is 6.04 Å². The first-order valence-electron chi connectivity index (χ1n) is 9.68. The number of carbonyl (C=O) groups excluding carboxylic acids is 2. The average Bonchev–Trinajstić information content (AvgIpc) is 3.09. The topological polar surface area (TPSA) is 117 Å². The number of nitrogens with zero attached hydrogens (tertiary/aromatic N) is 2. The molecule has 1 aliphatic rings. The van der Waals surface area contributed by atoms with Gasteiger partial charge in [-0.15, -0.1) is 0 Å². The number of carbonyl (C=O) groups is 3. The van der Waals surface area contributed by atoms with E-state index in [9.17, 15) is 19.5 Å². The highest BCUT2D eigenvalue weighted by atomic mass is 16.5. The maximum Gasteiger partial charge on any atom is 0.341 e. The van der Waals surface area contributed by atoms with Crippen molar-refractivity contribution in [1.29, 1.82) is 0 Å². The van der Waals surface area contributed by atoms with Gasteiger partial charge in [-0.25, -0.2) is 4.79 Å². The molecule has 1 saturated heterocycles. The molecule has 8 nitrogen and oxygen atoms in total. The fourth-order valence-corrected chi connectivity index (χ4v) is 3.55. The number of aromatic nitrogens is 1. The maximum atomic E-state index is 13.0. The van der Waals surface area contributed by atoms with Crippen LogP contribution < -0.4 is 9.64 Å². The number of benzene rings is 2. The van der Waals surface area contributed by atoms with E-state index in [1.807, 2.05) is 0 Å². The van der Waals surface area contributed by atoms with Gasteiger partial charge in [-0.2, -0.15) is 0 Å². The predicted octanol–water partition coefficient (Wildman–Crippen LogP) is 3.17. The second kappa shape index (κ2) is 8.73. The number of aliphatic hydroxyl groups excluding tert-OH is 1. The molecule has 4 rings (SSSR count). The summed E-state index contributed by atoms with van der Waals surface area (Å²) in [5.74, 6) is -2.70. The number of ether oxygens (including phenoxy) is 1. The van der Waals surface area contributed by atoms with Gasteiger partial charge in [0, 0.05) is 23.6 Å². The minimum absolute atomic E-state index is 0.0413. The highest BCUT2D eigenvalue weighted by Gasteiger charge is 2.47. The standard InChI is InChI=1S/C24H18N2O6/c27-19(28)14-32-18-10-8-17(9-11-18)26-21(16-7-4-12-25-13-16)20(23(30)24(26)31)22(29)15-5-2-1-3-6-15/h1-13,21,29H,14H2,(H,27,28)/t21-/m0/s1. The van der Waals surface area contributed by atoms with E-state index in [-0.39, 0.29) is 11.3 Å². The molecule has 8 heteroatoms. The molecule has 1 amide bonds. The Morgan fingerprint density at radius 1 is 0.969 bits per heavy atom. The zero-order valence-electron chi connectivity index (χ0n) is 16.7. The molecule has 1 fully saturated rings. The molecule has 1 aromatic heterocycles. The van der Waals surface area contributed by atoms with Gasteiger partial charge < -0.3 is 14.9 Å². The first-order valence-corrected chi connectivity index (χ1v) is 9.68. The minimum Gasteiger partial charge on any atom is -0.507 e. The molecule has 0 unspecified atom stereocenters. The van der Waals surface area contributed by atoms with E-state index in [0.29, 0.717) is 22.6 Å². The lowest BCUT2D eigenvalue weighted by molar-refractivity contribution is -0.139. The molecule has 0 aliphatic carbocycles. The zero-order valence-corrected chi connectivity index (χ0v) is 16.7. The normalized spacial score (nSPS) is 17.4. The van der Waals surface area contributed by atoms with Gasteiger partial charge in [-0.05, 0) is 35.9 Å². The molecule has 0 radical (unpaired) electrons. The SMILES string of the molecule is O=C(O)COc1ccc(N2C(=O)C(=O)C(=C(O)c3ccccc3)[C@@H]2c2cccnc2)cc1. The largest absolute Gasteiger partial charge is 0.507 e. The average molecular weight is 430 g/mol. The number of anilines is 1. The van der Waals surface area contributed by atoms with Crippen molar-refractivity contribution >= 4 is 29.1 Å². The molecule has 0 spiro atoms. The summed E-state index contributed by atoms with van der Waals surface area (Å²) in [5.41, 5.74) is 1.31. The molecular formula is C24H18N2O6. The van der Waals surface area contributed by atoms with Crippen molar-refractivity contribution in [3.05, 3.63) is 95.8 Å². The van der Waals surface area contributed by atoms with E-state index in [4.69, 9.17) is 9.84 Å². The minimum atomic E-state index is -1.11. The third-order valence-corrected chi connectivity index (χ3v) is 4.97. The van der Waals surface area contributed by atoms with Crippen LogP contribution in [0.1, 0.15) is 17.2 Å². The Hall–Kier alpha value is -4.46. The lowest BCUT2D eigenvalue weighted by atomic mass is 9.96. The molecule has 1 aliphatic heterocycles. The molecule has 1 atom stereocenters. The van der Waals surface area contributed by atoms with E-state index in [2.05, 4.69) is 4.98 Å². The molecule has 2 N–H and O–H groups in total. The number of ketones is 1. The Bertz CT molecular complexity index is 1190. The van der Waals surface area contributed by atoms with E-state index in [1.165, 1.54) is 23.2 Å². The van der Waals surface area contributed by atoms with Crippen molar-refractivity contribution in [3.63, 3.8) is 0 Å². The van der Waals surface area contributed by atoms with Crippen LogP contribution in [0, 0.1) is 0 Å². The Kier molecular flexibility index (Phi) is 5.67. The monoisotopic (exact) mass is 430 g/mol. The van der Waals surface area contributed by atoms with Gasteiger partial charge in [0.05, 0.1) is 11.6 Å². The second-order valence-electron chi connectivity index (χ2n) is 7.00. The molecule has 3 aromatic rings. The van der Waals surface area contributed by atoms with Crippen LogP contribution in [-0.2, 0) is 14.4 Å². The Labute approximate surface area is 183 Å². The number of Topliss-reactive ketones (excluding diaryl/α,β-unsaturated/α-hetero) is 1. The highest BCUT2D eigenvalue weighted by Crippen LogP contribution is 2.42. The number of rotatable bonds is 6. The van der Waals surface area contributed by atoms with Crippen molar-refractivity contribution in [2.75, 3.05) is 11.5 Å². The van der Waals surface area contributed by atoms with Gasteiger partial charge in [0.25, 0.3) is 11.7 Å². The van der Waals surface area contributed by atoms with E-state index < -0.39 is 30.3 Å². The van der Waals surface area contributed by atoms with Crippen LogP contribution in [0.5, 0.6) is 5.75 Å².